The van der Waals surface area contributed by atoms with E-state index in [0.717, 1.165) is 23.0 Å². The predicted octanol–water partition coefficient (Wildman–Crippen LogP) is 3.99. The predicted molar refractivity (Wildman–Crippen MR) is 110 cm³/mol. The minimum atomic E-state index is -0.434. The topological polar surface area (TPSA) is 74.0 Å². The Morgan fingerprint density at radius 3 is 2.56 bits per heavy atom. The fourth-order valence-electron chi connectivity index (χ4n) is 5.48. The van der Waals surface area contributed by atoms with E-state index in [1.165, 1.54) is 6.42 Å². The van der Waals surface area contributed by atoms with E-state index in [2.05, 4.69) is 36.4 Å². The van der Waals surface area contributed by atoms with Gasteiger partial charge in [-0.25, -0.2) is 0 Å². The number of nitrogens with one attached hydrogen (secondary N) is 3. The molecule has 1 aromatic heterocycles. The van der Waals surface area contributed by atoms with Crippen LogP contribution in [0.2, 0.25) is 0 Å². The molecule has 3 aliphatic rings. The third-order valence-electron chi connectivity index (χ3n) is 7.44. The van der Waals surface area contributed by atoms with Crippen molar-refractivity contribution >= 4 is 28.0 Å². The minimum absolute atomic E-state index is 0.258. The summed E-state index contributed by atoms with van der Waals surface area (Å²) in [4.78, 5) is 27.7. The summed E-state index contributed by atoms with van der Waals surface area (Å²) < 4.78 is 0. The molecule has 4 unspecified atom stereocenters. The highest BCUT2D eigenvalue weighted by molar-refractivity contribution is 5.95. The summed E-state index contributed by atoms with van der Waals surface area (Å²) in [5, 5.41) is 7.63. The van der Waals surface area contributed by atoms with E-state index in [4.69, 9.17) is 0 Å². The Morgan fingerprint density at radius 2 is 1.81 bits per heavy atom. The summed E-state index contributed by atoms with van der Waals surface area (Å²) in [6.07, 6.45) is 4.20. The van der Waals surface area contributed by atoms with Gasteiger partial charge in [-0.2, -0.15) is 0 Å². The largest absolute Gasteiger partial charge is 0.377 e. The van der Waals surface area contributed by atoms with Gasteiger partial charge in [0, 0.05) is 23.1 Å². The SMILES string of the molecule is CC1C(Nc2c(Nc3c[nH]c4ccccc34)c(=O)c2=O)CC2CC1C2(C)C. The molecule has 3 aromatic rings. The molecule has 3 N–H and O–H groups in total. The van der Waals surface area contributed by atoms with Crippen LogP contribution in [-0.4, -0.2) is 11.0 Å². The normalized spacial score (nSPS) is 28.9. The molecule has 0 spiro atoms. The van der Waals surface area contributed by atoms with Gasteiger partial charge in [-0.1, -0.05) is 39.0 Å². The van der Waals surface area contributed by atoms with E-state index in [1.807, 2.05) is 30.5 Å². The fourth-order valence-corrected chi connectivity index (χ4v) is 5.48. The second-order valence-electron chi connectivity index (χ2n) is 8.99. The zero-order chi connectivity index (χ0) is 18.9. The third kappa shape index (κ3) is 2.23. The summed E-state index contributed by atoms with van der Waals surface area (Å²) in [6.45, 7) is 7.00. The van der Waals surface area contributed by atoms with Gasteiger partial charge in [0.1, 0.15) is 11.4 Å². The van der Waals surface area contributed by atoms with Crippen LogP contribution in [0.1, 0.15) is 33.6 Å². The molecule has 140 valence electrons. The Morgan fingerprint density at radius 1 is 1.07 bits per heavy atom. The number of fused-ring (bicyclic) bond motifs is 3. The highest BCUT2D eigenvalue weighted by Gasteiger charge is 2.56. The number of H-pyrrole nitrogens is 1. The van der Waals surface area contributed by atoms with Crippen LogP contribution < -0.4 is 21.5 Å². The maximum Gasteiger partial charge on any atom is 0.253 e. The second kappa shape index (κ2) is 5.47. The van der Waals surface area contributed by atoms with E-state index in [-0.39, 0.29) is 6.04 Å². The number of aromatic nitrogens is 1. The second-order valence-corrected chi connectivity index (χ2v) is 8.99. The van der Waals surface area contributed by atoms with E-state index in [9.17, 15) is 9.59 Å². The Labute approximate surface area is 157 Å². The lowest BCUT2D eigenvalue weighted by Gasteiger charge is -2.62. The van der Waals surface area contributed by atoms with Crippen LogP contribution in [0.15, 0.2) is 40.1 Å². The average molecular weight is 363 g/mol. The zero-order valence-electron chi connectivity index (χ0n) is 15.9. The van der Waals surface area contributed by atoms with Crippen LogP contribution in [0.3, 0.4) is 0 Å². The fraction of sp³-hybridized carbons (Fsp3) is 0.455. The first-order valence-electron chi connectivity index (χ1n) is 9.81. The number of para-hydroxylation sites is 1. The van der Waals surface area contributed by atoms with Crippen molar-refractivity contribution < 1.29 is 0 Å². The molecule has 0 aliphatic heterocycles. The Kier molecular flexibility index (Phi) is 3.37. The molecule has 3 saturated carbocycles. The Bertz CT molecular complexity index is 1100. The molecule has 0 saturated heterocycles. The monoisotopic (exact) mass is 363 g/mol. The van der Waals surface area contributed by atoms with Gasteiger partial charge < -0.3 is 15.6 Å². The lowest BCUT2D eigenvalue weighted by Crippen LogP contribution is -2.59. The van der Waals surface area contributed by atoms with Crippen molar-refractivity contribution in [1.82, 2.24) is 4.98 Å². The first kappa shape index (κ1) is 16.6. The highest BCUT2D eigenvalue weighted by Crippen LogP contribution is 2.61. The zero-order valence-corrected chi connectivity index (χ0v) is 15.9. The van der Waals surface area contributed by atoms with Crippen molar-refractivity contribution in [2.45, 2.75) is 39.7 Å². The molecule has 3 aliphatic carbocycles. The molecular weight excluding hydrogens is 338 g/mol. The van der Waals surface area contributed by atoms with Gasteiger partial charge in [-0.15, -0.1) is 0 Å². The van der Waals surface area contributed by atoms with Crippen LogP contribution in [0, 0.1) is 23.2 Å². The van der Waals surface area contributed by atoms with Gasteiger partial charge in [0.05, 0.1) is 5.69 Å². The maximum atomic E-state index is 12.2. The van der Waals surface area contributed by atoms with Crippen molar-refractivity contribution in [2.75, 3.05) is 10.6 Å². The van der Waals surface area contributed by atoms with Crippen molar-refractivity contribution in [2.24, 2.45) is 23.2 Å². The molecular formula is C22H25N3O2. The van der Waals surface area contributed by atoms with Gasteiger partial charge in [-0.05, 0) is 42.1 Å². The highest BCUT2D eigenvalue weighted by atomic mass is 16.2. The average Bonchev–Trinajstić information content (AvgIpc) is 3.08. The molecule has 5 nitrogen and oxygen atoms in total. The number of aromatic amines is 1. The maximum absolute atomic E-state index is 12.2. The van der Waals surface area contributed by atoms with Crippen LogP contribution in [0.4, 0.5) is 17.1 Å². The molecule has 5 heteroatoms. The Hall–Kier alpha value is -2.56. The van der Waals surface area contributed by atoms with Gasteiger partial charge in [-0.3, -0.25) is 9.59 Å². The molecule has 2 aromatic carbocycles. The van der Waals surface area contributed by atoms with Crippen LogP contribution in [0.5, 0.6) is 0 Å². The summed E-state index contributed by atoms with van der Waals surface area (Å²) in [7, 11) is 0. The minimum Gasteiger partial charge on any atom is -0.377 e. The summed E-state index contributed by atoms with van der Waals surface area (Å²) >= 11 is 0. The van der Waals surface area contributed by atoms with E-state index in [1.54, 1.807) is 0 Å². The summed E-state index contributed by atoms with van der Waals surface area (Å²) in [5.74, 6) is 1.88. The van der Waals surface area contributed by atoms with Gasteiger partial charge in [0.2, 0.25) is 0 Å². The lowest BCUT2D eigenvalue weighted by atomic mass is 9.44. The number of anilines is 3. The molecule has 4 atom stereocenters. The van der Waals surface area contributed by atoms with Crippen molar-refractivity contribution in [1.29, 1.82) is 0 Å². The molecule has 1 heterocycles. The first-order valence-corrected chi connectivity index (χ1v) is 9.81. The quantitative estimate of drug-likeness (QED) is 0.613. The molecule has 27 heavy (non-hydrogen) atoms. The van der Waals surface area contributed by atoms with Crippen LogP contribution in [0.25, 0.3) is 10.9 Å². The van der Waals surface area contributed by atoms with Crippen molar-refractivity contribution in [3.63, 3.8) is 0 Å². The number of hydrogen-bond donors (Lipinski definition) is 3. The van der Waals surface area contributed by atoms with E-state index in [0.29, 0.717) is 34.5 Å². The molecule has 0 radical (unpaired) electrons. The number of rotatable bonds is 4. The van der Waals surface area contributed by atoms with E-state index >= 15 is 0 Å². The van der Waals surface area contributed by atoms with Gasteiger partial charge in [0.15, 0.2) is 0 Å². The van der Waals surface area contributed by atoms with Gasteiger partial charge in [0.25, 0.3) is 10.9 Å². The summed E-state index contributed by atoms with van der Waals surface area (Å²) in [5.41, 5.74) is 2.24. The number of hydrogen-bond acceptors (Lipinski definition) is 4. The summed E-state index contributed by atoms with van der Waals surface area (Å²) in [6, 6.07) is 8.16. The first-order chi connectivity index (χ1) is 12.9. The van der Waals surface area contributed by atoms with Crippen LogP contribution >= 0.6 is 0 Å². The van der Waals surface area contributed by atoms with E-state index < -0.39 is 10.9 Å². The molecule has 0 amide bonds. The molecule has 6 rings (SSSR count). The van der Waals surface area contributed by atoms with Crippen molar-refractivity contribution in [3.05, 3.63) is 50.9 Å². The van der Waals surface area contributed by atoms with Crippen molar-refractivity contribution in [3.8, 4) is 0 Å². The third-order valence-corrected chi connectivity index (χ3v) is 7.44. The smallest absolute Gasteiger partial charge is 0.253 e. The standard InChI is InChI=1S/C22H25N3O2/c1-11-14-8-12(22(14,2)3)9-16(11)24-18-19(21(27)20(18)26)25-17-10-23-15-7-5-4-6-13(15)17/h4-7,10-12,14,16,23-25H,8-9H2,1-3H3. The van der Waals surface area contributed by atoms with Crippen LogP contribution in [-0.2, 0) is 0 Å². The van der Waals surface area contributed by atoms with Gasteiger partial charge >= 0.3 is 0 Å². The Balaban J connectivity index is 1.40. The lowest BCUT2D eigenvalue weighted by molar-refractivity contribution is -0.105. The molecule has 3 fully saturated rings. The number of benzene rings is 1. The molecule has 2 bridgehead atoms.